The number of thiazole rings is 1. The molecule has 1 aromatic heterocycles. The average molecular weight is 282 g/mol. The molecule has 1 aliphatic heterocycles. The lowest BCUT2D eigenvalue weighted by atomic mass is 9.99. The molecule has 0 aromatic carbocycles. The van der Waals surface area contributed by atoms with E-state index < -0.39 is 11.9 Å². The maximum atomic E-state index is 12.1. The van der Waals surface area contributed by atoms with Gasteiger partial charge in [-0.1, -0.05) is 13.8 Å². The Morgan fingerprint density at radius 2 is 2.26 bits per heavy atom. The minimum absolute atomic E-state index is 0.0175. The molecule has 0 radical (unpaired) electrons. The highest BCUT2D eigenvalue weighted by atomic mass is 32.1. The van der Waals surface area contributed by atoms with Crippen LogP contribution in [0.5, 0.6) is 0 Å². The van der Waals surface area contributed by atoms with Crippen molar-refractivity contribution in [1.29, 1.82) is 0 Å². The van der Waals surface area contributed by atoms with E-state index in [0.717, 1.165) is 17.1 Å². The number of nitrogens with zero attached hydrogens (tertiary/aromatic N) is 2. The van der Waals surface area contributed by atoms with Gasteiger partial charge in [0.25, 0.3) is 0 Å². The Morgan fingerprint density at radius 1 is 1.53 bits per heavy atom. The molecule has 19 heavy (non-hydrogen) atoms. The van der Waals surface area contributed by atoms with Gasteiger partial charge in [-0.25, -0.2) is 4.98 Å². The number of likely N-dealkylation sites (tertiary alicyclic amines) is 1. The Hall–Kier alpha value is -1.43. The molecular formula is C13H18N2O3S. The number of rotatable bonds is 4. The normalized spacial score (nSPS) is 22.7. The number of hydrogen-bond donors (Lipinski definition) is 1. The molecule has 0 unspecified atom stereocenters. The van der Waals surface area contributed by atoms with Crippen LogP contribution in [0, 0.1) is 11.8 Å². The Bertz CT molecular complexity index is 486. The Morgan fingerprint density at radius 3 is 2.79 bits per heavy atom. The Balaban J connectivity index is 1.96. The first-order chi connectivity index (χ1) is 9.01. The first-order valence-electron chi connectivity index (χ1n) is 6.45. The number of carboxylic acid groups (broad SMARTS) is 1. The van der Waals surface area contributed by atoms with Crippen molar-refractivity contribution in [2.45, 2.75) is 26.7 Å². The number of carbonyl (C=O) groups is 2. The lowest BCUT2D eigenvalue weighted by molar-refractivity contribution is -0.142. The summed E-state index contributed by atoms with van der Waals surface area (Å²) in [7, 11) is 0. The van der Waals surface area contributed by atoms with Crippen molar-refractivity contribution in [1.82, 2.24) is 9.88 Å². The molecule has 2 atom stereocenters. The SMILES string of the molecule is CCc1csc(CC(=O)N2C[C@@H](C)[C@H](C(=O)O)C2)n1. The number of carboxylic acids is 1. The van der Waals surface area contributed by atoms with Gasteiger partial charge in [0.1, 0.15) is 5.01 Å². The first-order valence-corrected chi connectivity index (χ1v) is 7.33. The second-order valence-electron chi connectivity index (χ2n) is 4.98. The monoisotopic (exact) mass is 282 g/mol. The van der Waals surface area contributed by atoms with Crippen molar-refractivity contribution in [3.63, 3.8) is 0 Å². The maximum absolute atomic E-state index is 12.1. The quantitative estimate of drug-likeness (QED) is 0.907. The van der Waals surface area contributed by atoms with Crippen LogP contribution in [0.3, 0.4) is 0 Å². The fraction of sp³-hybridized carbons (Fsp3) is 0.615. The summed E-state index contributed by atoms with van der Waals surface area (Å²) in [5.74, 6) is -1.26. The molecule has 1 fully saturated rings. The third-order valence-electron chi connectivity index (χ3n) is 3.55. The molecule has 1 aromatic rings. The molecule has 0 spiro atoms. The van der Waals surface area contributed by atoms with Crippen molar-refractivity contribution < 1.29 is 14.7 Å². The minimum Gasteiger partial charge on any atom is -0.481 e. The third-order valence-corrected chi connectivity index (χ3v) is 4.44. The van der Waals surface area contributed by atoms with Gasteiger partial charge >= 0.3 is 5.97 Å². The van der Waals surface area contributed by atoms with Crippen molar-refractivity contribution in [2.75, 3.05) is 13.1 Å². The second-order valence-corrected chi connectivity index (χ2v) is 5.93. The summed E-state index contributed by atoms with van der Waals surface area (Å²) in [6.45, 7) is 4.76. The zero-order valence-electron chi connectivity index (χ0n) is 11.1. The van der Waals surface area contributed by atoms with Crippen LogP contribution in [-0.2, 0) is 22.4 Å². The molecule has 5 nitrogen and oxygen atoms in total. The number of amides is 1. The van der Waals surface area contributed by atoms with E-state index in [0.29, 0.717) is 13.1 Å². The molecular weight excluding hydrogens is 264 g/mol. The van der Waals surface area contributed by atoms with Gasteiger partial charge in [0.15, 0.2) is 0 Å². The molecule has 1 saturated heterocycles. The van der Waals surface area contributed by atoms with Gasteiger partial charge in [0.05, 0.1) is 18.0 Å². The van der Waals surface area contributed by atoms with E-state index >= 15 is 0 Å². The van der Waals surface area contributed by atoms with Crippen LogP contribution in [0.2, 0.25) is 0 Å². The summed E-state index contributed by atoms with van der Waals surface area (Å²) >= 11 is 1.49. The maximum Gasteiger partial charge on any atom is 0.308 e. The van der Waals surface area contributed by atoms with E-state index in [1.165, 1.54) is 11.3 Å². The van der Waals surface area contributed by atoms with Crippen molar-refractivity contribution in [2.24, 2.45) is 11.8 Å². The van der Waals surface area contributed by atoms with Gasteiger partial charge in [-0.3, -0.25) is 9.59 Å². The van der Waals surface area contributed by atoms with Gasteiger partial charge in [-0.05, 0) is 12.3 Å². The lowest BCUT2D eigenvalue weighted by Gasteiger charge is -2.14. The summed E-state index contributed by atoms with van der Waals surface area (Å²) in [4.78, 5) is 29.2. The third kappa shape index (κ3) is 3.12. The largest absolute Gasteiger partial charge is 0.481 e. The standard InChI is InChI=1S/C13H18N2O3S/c1-3-9-7-19-11(14-9)4-12(16)15-5-8(2)10(6-15)13(17)18/h7-8,10H,3-6H2,1-2H3,(H,17,18)/t8-,10-/m1/s1. The first kappa shape index (κ1) is 14.0. The van der Waals surface area contributed by atoms with Crippen LogP contribution in [-0.4, -0.2) is 40.0 Å². The second kappa shape index (κ2) is 5.69. The lowest BCUT2D eigenvalue weighted by Crippen LogP contribution is -2.31. The summed E-state index contributed by atoms with van der Waals surface area (Å²) < 4.78 is 0. The molecule has 1 aliphatic rings. The molecule has 1 N–H and O–H groups in total. The van der Waals surface area contributed by atoms with Crippen LogP contribution < -0.4 is 0 Å². The summed E-state index contributed by atoms with van der Waals surface area (Å²) in [6.07, 6.45) is 1.15. The predicted molar refractivity (Wildman–Crippen MR) is 72.1 cm³/mol. The molecule has 0 saturated carbocycles. The fourth-order valence-electron chi connectivity index (χ4n) is 2.33. The smallest absolute Gasteiger partial charge is 0.308 e. The fourth-order valence-corrected chi connectivity index (χ4v) is 3.19. The highest BCUT2D eigenvalue weighted by Gasteiger charge is 2.36. The molecule has 1 amide bonds. The van der Waals surface area contributed by atoms with Crippen molar-refractivity contribution in [3.8, 4) is 0 Å². The van der Waals surface area contributed by atoms with E-state index in [9.17, 15) is 9.59 Å². The molecule has 104 valence electrons. The zero-order chi connectivity index (χ0) is 14.0. The molecule has 2 heterocycles. The summed E-state index contributed by atoms with van der Waals surface area (Å²) in [5, 5.41) is 11.8. The van der Waals surface area contributed by atoms with Crippen LogP contribution in [0.25, 0.3) is 0 Å². The van der Waals surface area contributed by atoms with Gasteiger partial charge in [-0.2, -0.15) is 0 Å². The Labute approximate surface area is 116 Å². The van der Waals surface area contributed by atoms with E-state index in [4.69, 9.17) is 5.11 Å². The van der Waals surface area contributed by atoms with E-state index in [1.807, 2.05) is 19.2 Å². The van der Waals surface area contributed by atoms with Crippen molar-refractivity contribution in [3.05, 3.63) is 16.1 Å². The number of carbonyl (C=O) groups excluding carboxylic acids is 1. The van der Waals surface area contributed by atoms with Gasteiger partial charge in [0.2, 0.25) is 5.91 Å². The molecule has 0 aliphatic carbocycles. The molecule has 6 heteroatoms. The zero-order valence-corrected chi connectivity index (χ0v) is 11.9. The van der Waals surface area contributed by atoms with Crippen LogP contribution in [0.15, 0.2) is 5.38 Å². The van der Waals surface area contributed by atoms with Crippen LogP contribution in [0.1, 0.15) is 24.5 Å². The van der Waals surface area contributed by atoms with Crippen molar-refractivity contribution >= 4 is 23.2 Å². The van der Waals surface area contributed by atoms with E-state index in [2.05, 4.69) is 4.98 Å². The van der Waals surface area contributed by atoms with Gasteiger partial charge in [-0.15, -0.1) is 11.3 Å². The minimum atomic E-state index is -0.815. The average Bonchev–Trinajstić information content (AvgIpc) is 2.95. The van der Waals surface area contributed by atoms with Gasteiger partial charge in [0, 0.05) is 18.5 Å². The van der Waals surface area contributed by atoms with Crippen LogP contribution >= 0.6 is 11.3 Å². The van der Waals surface area contributed by atoms with Gasteiger partial charge < -0.3 is 10.0 Å². The summed E-state index contributed by atoms with van der Waals surface area (Å²) in [6, 6.07) is 0. The van der Waals surface area contributed by atoms with Crippen LogP contribution in [0.4, 0.5) is 0 Å². The molecule has 0 bridgehead atoms. The van der Waals surface area contributed by atoms with E-state index in [1.54, 1.807) is 4.90 Å². The number of aryl methyl sites for hydroxylation is 1. The number of hydrogen-bond acceptors (Lipinski definition) is 4. The highest BCUT2D eigenvalue weighted by Crippen LogP contribution is 2.24. The number of aromatic nitrogens is 1. The predicted octanol–water partition coefficient (Wildman–Crippen LogP) is 1.43. The number of aliphatic carboxylic acids is 1. The summed E-state index contributed by atoms with van der Waals surface area (Å²) in [5.41, 5.74) is 1.01. The Kier molecular flexibility index (Phi) is 4.19. The molecule has 2 rings (SSSR count). The highest BCUT2D eigenvalue weighted by molar-refractivity contribution is 7.09. The topological polar surface area (TPSA) is 70.5 Å². The van der Waals surface area contributed by atoms with E-state index in [-0.39, 0.29) is 18.2 Å².